The maximum atomic E-state index is 5.90. The standard InChI is InChI=1S/C13H22N2O/c1-4-16-13-8-7-11(10-12(13)14)6-5-9-15(2)3/h7-8,10H,4-6,9,14H2,1-3H3. The maximum Gasteiger partial charge on any atom is 0.142 e. The molecular formula is C13H22N2O. The molecule has 0 bridgehead atoms. The van der Waals surface area contributed by atoms with Crippen molar-refractivity contribution in [2.75, 3.05) is 33.0 Å². The van der Waals surface area contributed by atoms with Crippen LogP contribution in [-0.4, -0.2) is 32.1 Å². The first-order valence-electron chi connectivity index (χ1n) is 5.79. The van der Waals surface area contributed by atoms with Crippen molar-refractivity contribution in [1.82, 2.24) is 4.90 Å². The molecule has 0 radical (unpaired) electrons. The van der Waals surface area contributed by atoms with E-state index in [4.69, 9.17) is 10.5 Å². The first-order valence-corrected chi connectivity index (χ1v) is 5.79. The Labute approximate surface area is 98.2 Å². The van der Waals surface area contributed by atoms with E-state index in [0.29, 0.717) is 6.61 Å². The minimum atomic E-state index is 0.657. The molecule has 0 amide bonds. The molecule has 0 atom stereocenters. The molecular weight excluding hydrogens is 200 g/mol. The van der Waals surface area contributed by atoms with Crippen molar-refractivity contribution >= 4 is 5.69 Å². The number of ether oxygens (including phenoxy) is 1. The number of benzene rings is 1. The fraction of sp³-hybridized carbons (Fsp3) is 0.538. The predicted molar refractivity (Wildman–Crippen MR) is 68.9 cm³/mol. The summed E-state index contributed by atoms with van der Waals surface area (Å²) in [5, 5.41) is 0. The fourth-order valence-corrected chi connectivity index (χ4v) is 1.64. The third-order valence-electron chi connectivity index (χ3n) is 2.44. The van der Waals surface area contributed by atoms with Crippen LogP contribution < -0.4 is 10.5 Å². The highest BCUT2D eigenvalue weighted by atomic mass is 16.5. The van der Waals surface area contributed by atoms with E-state index in [0.717, 1.165) is 30.8 Å². The van der Waals surface area contributed by atoms with Gasteiger partial charge < -0.3 is 15.4 Å². The Balaban J connectivity index is 2.52. The molecule has 1 aromatic carbocycles. The summed E-state index contributed by atoms with van der Waals surface area (Å²) in [6.45, 7) is 3.72. The lowest BCUT2D eigenvalue weighted by Crippen LogP contribution is -2.13. The second kappa shape index (κ2) is 6.38. The van der Waals surface area contributed by atoms with E-state index < -0.39 is 0 Å². The average Bonchev–Trinajstić information content (AvgIpc) is 2.21. The molecule has 0 spiro atoms. The molecule has 2 N–H and O–H groups in total. The maximum absolute atomic E-state index is 5.90. The SMILES string of the molecule is CCOc1ccc(CCCN(C)C)cc1N. The highest BCUT2D eigenvalue weighted by Crippen LogP contribution is 2.23. The highest BCUT2D eigenvalue weighted by molar-refractivity contribution is 5.54. The van der Waals surface area contributed by atoms with Crippen LogP contribution in [-0.2, 0) is 6.42 Å². The van der Waals surface area contributed by atoms with Gasteiger partial charge in [0.05, 0.1) is 12.3 Å². The average molecular weight is 222 g/mol. The van der Waals surface area contributed by atoms with Gasteiger partial charge in [0.25, 0.3) is 0 Å². The van der Waals surface area contributed by atoms with Crippen molar-refractivity contribution in [2.45, 2.75) is 19.8 Å². The molecule has 16 heavy (non-hydrogen) atoms. The number of hydrogen-bond donors (Lipinski definition) is 1. The summed E-state index contributed by atoms with van der Waals surface area (Å²) in [6, 6.07) is 6.07. The van der Waals surface area contributed by atoms with Gasteiger partial charge in [-0.1, -0.05) is 6.07 Å². The lowest BCUT2D eigenvalue weighted by Gasteiger charge is -2.11. The van der Waals surface area contributed by atoms with Gasteiger partial charge in [-0.25, -0.2) is 0 Å². The molecule has 0 saturated heterocycles. The summed E-state index contributed by atoms with van der Waals surface area (Å²) in [5.41, 5.74) is 7.92. The van der Waals surface area contributed by atoms with Gasteiger partial charge in [0.1, 0.15) is 5.75 Å². The van der Waals surface area contributed by atoms with E-state index >= 15 is 0 Å². The van der Waals surface area contributed by atoms with Gasteiger partial charge in [0, 0.05) is 0 Å². The highest BCUT2D eigenvalue weighted by Gasteiger charge is 2.01. The van der Waals surface area contributed by atoms with Gasteiger partial charge in [-0.3, -0.25) is 0 Å². The van der Waals surface area contributed by atoms with Gasteiger partial charge in [-0.2, -0.15) is 0 Å². The van der Waals surface area contributed by atoms with Gasteiger partial charge >= 0.3 is 0 Å². The molecule has 0 aliphatic rings. The van der Waals surface area contributed by atoms with Crippen molar-refractivity contribution in [3.05, 3.63) is 23.8 Å². The van der Waals surface area contributed by atoms with Crippen molar-refractivity contribution in [2.24, 2.45) is 0 Å². The predicted octanol–water partition coefficient (Wildman–Crippen LogP) is 2.16. The number of anilines is 1. The normalized spacial score (nSPS) is 10.8. The molecule has 0 heterocycles. The van der Waals surface area contributed by atoms with Gasteiger partial charge in [0.15, 0.2) is 0 Å². The van der Waals surface area contributed by atoms with Crippen molar-refractivity contribution in [3.8, 4) is 5.75 Å². The van der Waals surface area contributed by atoms with Crippen LogP contribution in [0, 0.1) is 0 Å². The van der Waals surface area contributed by atoms with Gasteiger partial charge in [0.2, 0.25) is 0 Å². The number of rotatable bonds is 6. The van der Waals surface area contributed by atoms with Crippen LogP contribution in [0.5, 0.6) is 5.75 Å². The molecule has 0 aromatic heterocycles. The van der Waals surface area contributed by atoms with Crippen molar-refractivity contribution in [3.63, 3.8) is 0 Å². The van der Waals surface area contributed by atoms with E-state index in [1.807, 2.05) is 19.1 Å². The molecule has 1 aromatic rings. The molecule has 3 nitrogen and oxygen atoms in total. The molecule has 0 fully saturated rings. The number of nitrogens with zero attached hydrogens (tertiary/aromatic N) is 1. The summed E-state index contributed by atoms with van der Waals surface area (Å²) in [5.74, 6) is 0.791. The fourth-order valence-electron chi connectivity index (χ4n) is 1.64. The van der Waals surface area contributed by atoms with Crippen LogP contribution in [0.25, 0.3) is 0 Å². The van der Waals surface area contributed by atoms with Crippen LogP contribution in [0.3, 0.4) is 0 Å². The third kappa shape index (κ3) is 4.11. The second-order valence-corrected chi connectivity index (χ2v) is 4.21. The van der Waals surface area contributed by atoms with Crippen LogP contribution in [0.15, 0.2) is 18.2 Å². The lowest BCUT2D eigenvalue weighted by molar-refractivity contribution is 0.342. The Kier molecular flexibility index (Phi) is 5.12. The first kappa shape index (κ1) is 12.8. The quantitative estimate of drug-likeness (QED) is 0.750. The Morgan fingerprint density at radius 3 is 2.62 bits per heavy atom. The Morgan fingerprint density at radius 1 is 1.31 bits per heavy atom. The number of nitrogens with two attached hydrogens (primary N) is 1. The smallest absolute Gasteiger partial charge is 0.142 e. The monoisotopic (exact) mass is 222 g/mol. The summed E-state index contributed by atoms with van der Waals surface area (Å²) in [4.78, 5) is 2.19. The second-order valence-electron chi connectivity index (χ2n) is 4.21. The zero-order valence-electron chi connectivity index (χ0n) is 10.5. The Hall–Kier alpha value is -1.22. The summed E-state index contributed by atoms with van der Waals surface area (Å²) in [6.07, 6.45) is 2.22. The zero-order valence-corrected chi connectivity index (χ0v) is 10.5. The molecule has 3 heteroatoms. The molecule has 0 saturated carbocycles. The summed E-state index contributed by atoms with van der Waals surface area (Å²) in [7, 11) is 4.18. The molecule has 0 aliphatic heterocycles. The molecule has 0 aliphatic carbocycles. The minimum absolute atomic E-state index is 0.657. The van der Waals surface area contributed by atoms with Gasteiger partial charge in [-0.05, 0) is 58.1 Å². The third-order valence-corrected chi connectivity index (χ3v) is 2.44. The van der Waals surface area contributed by atoms with E-state index in [-0.39, 0.29) is 0 Å². The number of aryl methyl sites for hydroxylation is 1. The Bertz CT molecular complexity index is 324. The van der Waals surface area contributed by atoms with E-state index in [2.05, 4.69) is 25.1 Å². The largest absolute Gasteiger partial charge is 0.492 e. The van der Waals surface area contributed by atoms with E-state index in [1.54, 1.807) is 0 Å². The Morgan fingerprint density at radius 2 is 2.06 bits per heavy atom. The summed E-state index contributed by atoms with van der Waals surface area (Å²) < 4.78 is 5.40. The number of hydrogen-bond acceptors (Lipinski definition) is 3. The van der Waals surface area contributed by atoms with E-state index in [1.165, 1.54) is 5.56 Å². The van der Waals surface area contributed by atoms with E-state index in [9.17, 15) is 0 Å². The molecule has 0 unspecified atom stereocenters. The lowest BCUT2D eigenvalue weighted by atomic mass is 10.1. The zero-order chi connectivity index (χ0) is 12.0. The summed E-state index contributed by atoms with van der Waals surface area (Å²) >= 11 is 0. The topological polar surface area (TPSA) is 38.5 Å². The minimum Gasteiger partial charge on any atom is -0.492 e. The first-order chi connectivity index (χ1) is 7.63. The number of nitrogen functional groups attached to an aromatic ring is 1. The van der Waals surface area contributed by atoms with Crippen LogP contribution >= 0.6 is 0 Å². The van der Waals surface area contributed by atoms with Gasteiger partial charge in [-0.15, -0.1) is 0 Å². The molecule has 90 valence electrons. The molecule has 1 rings (SSSR count). The van der Waals surface area contributed by atoms with Crippen LogP contribution in [0.2, 0.25) is 0 Å². The van der Waals surface area contributed by atoms with Crippen LogP contribution in [0.1, 0.15) is 18.9 Å². The van der Waals surface area contributed by atoms with Crippen molar-refractivity contribution < 1.29 is 4.74 Å². The van der Waals surface area contributed by atoms with Crippen molar-refractivity contribution in [1.29, 1.82) is 0 Å². The van der Waals surface area contributed by atoms with Crippen LogP contribution in [0.4, 0.5) is 5.69 Å².